The Hall–Kier alpha value is -0.490. The van der Waals surface area contributed by atoms with Gasteiger partial charge in [0.25, 0.3) is 5.85 Å². The second-order valence-corrected chi connectivity index (χ2v) is 8.34. The number of para-hydroxylation sites is 1. The first-order valence-electron chi connectivity index (χ1n) is 5.53. The Bertz CT molecular complexity index is 514. The van der Waals surface area contributed by atoms with Gasteiger partial charge in [0.1, 0.15) is 0 Å². The van der Waals surface area contributed by atoms with Crippen LogP contribution in [0, 0.1) is 0 Å². The van der Waals surface area contributed by atoms with Gasteiger partial charge >= 0.3 is 13.7 Å². The molecule has 10 heteroatoms. The quantitative estimate of drug-likeness (QED) is 0.608. The van der Waals surface area contributed by atoms with Crippen molar-refractivity contribution in [2.24, 2.45) is 0 Å². The molecule has 1 N–H and O–H groups in total. The van der Waals surface area contributed by atoms with Crippen molar-refractivity contribution in [3.63, 3.8) is 0 Å². The van der Waals surface area contributed by atoms with Gasteiger partial charge < -0.3 is 13.8 Å². The zero-order chi connectivity index (χ0) is 16.1. The van der Waals surface area contributed by atoms with E-state index >= 15 is 0 Å². The average Bonchev–Trinajstić information content (AvgIpc) is 2.44. The minimum atomic E-state index is -3.95. The molecule has 21 heavy (non-hydrogen) atoms. The van der Waals surface area contributed by atoms with Crippen LogP contribution in [-0.4, -0.2) is 30.0 Å². The summed E-state index contributed by atoms with van der Waals surface area (Å²) in [5, 5.41) is 2.40. The van der Waals surface area contributed by atoms with E-state index in [0.717, 1.165) is 14.2 Å². The van der Waals surface area contributed by atoms with E-state index in [1.54, 1.807) is 30.3 Å². The summed E-state index contributed by atoms with van der Waals surface area (Å²) in [6, 6.07) is 8.43. The van der Waals surface area contributed by atoms with Crippen LogP contribution in [0.2, 0.25) is 0 Å². The largest absolute Gasteiger partial charge is 0.428 e. The van der Waals surface area contributed by atoms with Crippen LogP contribution >= 0.6 is 42.4 Å². The number of hydrogen-bond acceptors (Lipinski definition) is 5. The maximum atomic E-state index is 12.3. The van der Waals surface area contributed by atoms with Gasteiger partial charge in [-0.05, 0) is 12.1 Å². The van der Waals surface area contributed by atoms with E-state index in [1.165, 1.54) is 0 Å². The summed E-state index contributed by atoms with van der Waals surface area (Å²) in [5.41, 5.74) is 0.454. The molecule has 0 bridgehead atoms. The topological polar surface area (TPSA) is 73.9 Å². The van der Waals surface area contributed by atoms with Gasteiger partial charge in [-0.25, -0.2) is 4.79 Å². The molecule has 0 spiro atoms. The van der Waals surface area contributed by atoms with Crippen molar-refractivity contribution >= 4 is 54.2 Å². The van der Waals surface area contributed by atoms with Gasteiger partial charge in [-0.15, -0.1) is 0 Å². The summed E-state index contributed by atoms with van der Waals surface area (Å²) in [4.78, 5) is 11.8. The van der Waals surface area contributed by atoms with Crippen LogP contribution in [0.1, 0.15) is 0 Å². The minimum absolute atomic E-state index is 0.454. The number of ether oxygens (including phenoxy) is 1. The number of anilines is 1. The lowest BCUT2D eigenvalue weighted by Gasteiger charge is -2.28. The Morgan fingerprint density at radius 2 is 1.71 bits per heavy atom. The van der Waals surface area contributed by atoms with Crippen LogP contribution in [0.15, 0.2) is 30.3 Å². The van der Waals surface area contributed by atoms with Gasteiger partial charge in [-0.2, -0.15) is 0 Å². The Labute approximate surface area is 137 Å². The molecule has 0 fully saturated rings. The molecule has 118 valence electrons. The van der Waals surface area contributed by atoms with Gasteiger partial charge in [0.15, 0.2) is 0 Å². The summed E-state index contributed by atoms with van der Waals surface area (Å²) in [5.74, 6) is -1.73. The average molecular weight is 377 g/mol. The van der Waals surface area contributed by atoms with Crippen LogP contribution in [-0.2, 0) is 18.3 Å². The third kappa shape index (κ3) is 5.33. The lowest BCUT2D eigenvalue weighted by Crippen LogP contribution is -2.34. The highest BCUT2D eigenvalue weighted by atomic mass is 35.6. The molecule has 0 aliphatic rings. The lowest BCUT2D eigenvalue weighted by atomic mass is 10.3. The molecule has 1 rings (SSSR count). The van der Waals surface area contributed by atoms with Crippen molar-refractivity contribution in [1.82, 2.24) is 0 Å². The molecule has 1 aromatic rings. The molecule has 1 unspecified atom stereocenters. The number of halogens is 3. The predicted molar refractivity (Wildman–Crippen MR) is 82.2 cm³/mol. The van der Waals surface area contributed by atoms with Crippen LogP contribution < -0.4 is 5.32 Å². The Kier molecular flexibility index (Phi) is 6.78. The zero-order valence-electron chi connectivity index (χ0n) is 11.1. The number of hydrogen-bond donors (Lipinski definition) is 1. The van der Waals surface area contributed by atoms with E-state index in [-0.39, 0.29) is 0 Å². The second kappa shape index (κ2) is 7.68. The smallest absolute Gasteiger partial charge is 0.412 e. The van der Waals surface area contributed by atoms with E-state index in [0.29, 0.717) is 5.69 Å². The Balaban J connectivity index is 2.88. The first kappa shape index (κ1) is 18.6. The highest BCUT2D eigenvalue weighted by Crippen LogP contribution is 2.59. The number of carbonyl (C=O) groups is 1. The minimum Gasteiger partial charge on any atom is -0.428 e. The fourth-order valence-corrected chi connectivity index (χ4v) is 3.67. The Morgan fingerprint density at radius 3 is 2.14 bits per heavy atom. The molecular weight excluding hydrogens is 363 g/mol. The lowest BCUT2D eigenvalue weighted by molar-refractivity contribution is 0.124. The molecule has 0 saturated carbocycles. The predicted octanol–water partition coefficient (Wildman–Crippen LogP) is 4.42. The summed E-state index contributed by atoms with van der Waals surface area (Å²) in [6.45, 7) is 0. The molecule has 1 atom stereocenters. The van der Waals surface area contributed by atoms with Crippen molar-refractivity contribution in [2.45, 2.75) is 9.64 Å². The number of nitrogens with one attached hydrogen (secondary N) is 1. The van der Waals surface area contributed by atoms with Crippen molar-refractivity contribution in [3.05, 3.63) is 30.3 Å². The molecule has 0 aliphatic carbocycles. The summed E-state index contributed by atoms with van der Waals surface area (Å²) in [7, 11) is -1.77. The number of amides is 1. The van der Waals surface area contributed by atoms with E-state index in [9.17, 15) is 9.36 Å². The maximum Gasteiger partial charge on any atom is 0.412 e. The molecule has 0 saturated heterocycles. The number of benzene rings is 1. The zero-order valence-corrected chi connectivity index (χ0v) is 14.2. The SMILES string of the molecule is COP(=O)(OC)C(OC(=O)Nc1ccccc1)C(Cl)(Cl)Cl. The van der Waals surface area contributed by atoms with Gasteiger partial charge in [-0.1, -0.05) is 53.0 Å². The van der Waals surface area contributed by atoms with Gasteiger partial charge in [0, 0.05) is 19.9 Å². The van der Waals surface area contributed by atoms with Gasteiger partial charge in [0.2, 0.25) is 3.79 Å². The van der Waals surface area contributed by atoms with E-state index in [1.807, 2.05) is 0 Å². The summed E-state index contributed by atoms with van der Waals surface area (Å²) < 4.78 is 24.4. The van der Waals surface area contributed by atoms with Crippen LogP contribution in [0.3, 0.4) is 0 Å². The molecule has 0 aromatic heterocycles. The standard InChI is InChI=1S/C11H13Cl3NO5P/c1-18-21(17,19-2)9(11(12,13)14)20-10(16)15-8-6-4-3-5-7-8/h3-7,9H,1-2H3,(H,15,16). The number of rotatable bonds is 5. The highest BCUT2D eigenvalue weighted by Gasteiger charge is 2.51. The van der Waals surface area contributed by atoms with Crippen molar-refractivity contribution in [1.29, 1.82) is 0 Å². The van der Waals surface area contributed by atoms with Gasteiger partial charge in [-0.3, -0.25) is 9.88 Å². The van der Waals surface area contributed by atoms with Crippen LogP contribution in [0.25, 0.3) is 0 Å². The molecule has 0 radical (unpaired) electrons. The first-order chi connectivity index (χ1) is 9.73. The van der Waals surface area contributed by atoms with Crippen LogP contribution in [0.5, 0.6) is 0 Å². The number of alkyl halides is 3. The molecular formula is C11H13Cl3NO5P. The van der Waals surface area contributed by atoms with E-state index in [4.69, 9.17) is 48.6 Å². The third-order valence-corrected chi connectivity index (χ3v) is 5.45. The Morgan fingerprint density at radius 1 is 1.19 bits per heavy atom. The molecule has 6 nitrogen and oxygen atoms in total. The monoisotopic (exact) mass is 375 g/mol. The molecule has 0 aliphatic heterocycles. The first-order valence-corrected chi connectivity index (χ1v) is 8.28. The number of carbonyl (C=O) groups excluding carboxylic acids is 1. The summed E-state index contributed by atoms with van der Waals surface area (Å²) >= 11 is 17.0. The van der Waals surface area contributed by atoms with E-state index in [2.05, 4.69) is 5.32 Å². The highest BCUT2D eigenvalue weighted by molar-refractivity contribution is 7.55. The molecule has 0 heterocycles. The maximum absolute atomic E-state index is 12.3. The van der Waals surface area contributed by atoms with Crippen molar-refractivity contribution < 1.29 is 23.1 Å². The fourth-order valence-electron chi connectivity index (χ4n) is 1.35. The summed E-state index contributed by atoms with van der Waals surface area (Å²) in [6.07, 6.45) is -0.966. The molecule has 1 amide bonds. The van der Waals surface area contributed by atoms with Gasteiger partial charge in [0.05, 0.1) is 0 Å². The normalized spacial score (nSPS) is 13.6. The second-order valence-electron chi connectivity index (χ2n) is 3.70. The fraction of sp³-hybridized carbons (Fsp3) is 0.364. The van der Waals surface area contributed by atoms with Crippen molar-refractivity contribution in [2.75, 3.05) is 19.5 Å². The molecule has 1 aromatic carbocycles. The van der Waals surface area contributed by atoms with Crippen LogP contribution in [0.4, 0.5) is 10.5 Å². The third-order valence-electron chi connectivity index (χ3n) is 2.32. The van der Waals surface area contributed by atoms with E-state index < -0.39 is 23.3 Å². The van der Waals surface area contributed by atoms with Crippen molar-refractivity contribution in [3.8, 4) is 0 Å².